The number of esters is 1. The quantitative estimate of drug-likeness (QED) is 0.0321. The van der Waals surface area contributed by atoms with Gasteiger partial charge in [0, 0.05) is 6.42 Å². The molecule has 0 aliphatic rings. The number of carbonyl (C=O) groups excluding carboxylic acids is 2. The Morgan fingerprint density at radius 3 is 1.06 bits per heavy atom. The van der Waals surface area contributed by atoms with Crippen LogP contribution in [0.2, 0.25) is 0 Å². The van der Waals surface area contributed by atoms with Crippen LogP contribution >= 0.6 is 0 Å². The molecule has 0 bridgehead atoms. The summed E-state index contributed by atoms with van der Waals surface area (Å²) in [5.74, 6) is -0.452. The van der Waals surface area contributed by atoms with Crippen LogP contribution in [0.1, 0.15) is 342 Å². The molecule has 3 N–H and O–H groups in total. The first kappa shape index (κ1) is 65.6. The van der Waals surface area contributed by atoms with Gasteiger partial charge in [0.05, 0.1) is 25.2 Å². The highest BCUT2D eigenvalue weighted by Gasteiger charge is 2.24. The van der Waals surface area contributed by atoms with Crippen molar-refractivity contribution in [1.29, 1.82) is 0 Å². The van der Waals surface area contributed by atoms with E-state index in [1.807, 2.05) is 0 Å². The Bertz CT molecular complexity index is 1020. The molecule has 0 rings (SSSR count). The number of nitrogens with one attached hydrogen (secondary N) is 1. The lowest BCUT2D eigenvalue weighted by Crippen LogP contribution is -2.46. The third-order valence-electron chi connectivity index (χ3n) is 14.3. The third kappa shape index (κ3) is 50.8. The van der Waals surface area contributed by atoms with E-state index in [9.17, 15) is 19.8 Å². The van der Waals surface area contributed by atoms with Crippen molar-refractivity contribution in [3.8, 4) is 0 Å². The number of aliphatic hydroxyl groups excluding tert-OH is 2. The Balaban J connectivity index is 4.49. The molecule has 3 atom stereocenters. The fourth-order valence-electron chi connectivity index (χ4n) is 9.72. The maximum atomic E-state index is 13.3. The standard InChI is InChI=1S/C61H119NO5/c1-4-7-10-13-16-19-22-25-27-29-30-32-34-36-39-42-45-48-51-54-61(66)67-57(52-49-46-43-40-37-35-33-31-28-26-23-20-17-14-11-8-5-2)55-60(65)62-58(56-63)59(64)53-50-47-44-41-38-24-21-18-15-12-9-6-3/h26,28,57-59,63-64H,4-25,27,29-56H2,1-3H3,(H,62,65)/b28-26+. The molecule has 0 radical (unpaired) electrons. The zero-order chi connectivity index (χ0) is 48.8. The van der Waals surface area contributed by atoms with Crippen molar-refractivity contribution in [3.63, 3.8) is 0 Å². The fourth-order valence-corrected chi connectivity index (χ4v) is 9.72. The molecule has 67 heavy (non-hydrogen) atoms. The SMILES string of the molecule is CCCCCCCC/C=C/CCCCCCCCCC(CC(=O)NC(CO)C(O)CCCCCCCCCCCCCC)OC(=O)CCCCCCCCCCCCCCCCCCCCC. The van der Waals surface area contributed by atoms with Crippen LogP contribution < -0.4 is 5.32 Å². The minimum Gasteiger partial charge on any atom is -0.462 e. The maximum absolute atomic E-state index is 13.3. The number of carbonyl (C=O) groups is 2. The minimum absolute atomic E-state index is 0.0825. The Hall–Kier alpha value is -1.40. The van der Waals surface area contributed by atoms with E-state index in [2.05, 4.69) is 38.2 Å². The van der Waals surface area contributed by atoms with Crippen molar-refractivity contribution in [2.45, 2.75) is 360 Å². The molecule has 6 nitrogen and oxygen atoms in total. The zero-order valence-corrected chi connectivity index (χ0v) is 45.6. The van der Waals surface area contributed by atoms with E-state index in [1.54, 1.807) is 0 Å². The van der Waals surface area contributed by atoms with Crippen molar-refractivity contribution < 1.29 is 24.5 Å². The van der Waals surface area contributed by atoms with Crippen molar-refractivity contribution >= 4 is 11.9 Å². The summed E-state index contributed by atoms with van der Waals surface area (Å²) >= 11 is 0. The molecule has 0 fully saturated rings. The molecule has 398 valence electrons. The van der Waals surface area contributed by atoms with Crippen molar-refractivity contribution in [2.75, 3.05) is 6.61 Å². The van der Waals surface area contributed by atoms with Crippen LogP contribution in [0, 0.1) is 0 Å². The molecule has 6 heteroatoms. The van der Waals surface area contributed by atoms with Gasteiger partial charge in [0.2, 0.25) is 5.91 Å². The normalized spacial score (nSPS) is 13.1. The smallest absolute Gasteiger partial charge is 0.306 e. The van der Waals surface area contributed by atoms with E-state index in [0.29, 0.717) is 19.3 Å². The summed E-state index contributed by atoms with van der Waals surface area (Å²) in [4.78, 5) is 26.3. The average molecular weight is 947 g/mol. The molecule has 0 saturated heterocycles. The molecule has 0 aromatic carbocycles. The van der Waals surface area contributed by atoms with Gasteiger partial charge in [-0.1, -0.05) is 290 Å². The summed E-state index contributed by atoms with van der Waals surface area (Å²) in [7, 11) is 0. The number of hydrogen-bond acceptors (Lipinski definition) is 5. The molecule has 0 spiro atoms. The number of allylic oxidation sites excluding steroid dienone is 2. The molecule has 0 aromatic rings. The van der Waals surface area contributed by atoms with E-state index >= 15 is 0 Å². The van der Waals surface area contributed by atoms with Gasteiger partial charge in [-0.3, -0.25) is 9.59 Å². The van der Waals surface area contributed by atoms with E-state index in [4.69, 9.17) is 4.74 Å². The highest BCUT2D eigenvalue weighted by atomic mass is 16.5. The topological polar surface area (TPSA) is 95.9 Å². The second-order valence-corrected chi connectivity index (χ2v) is 21.1. The van der Waals surface area contributed by atoms with Gasteiger partial charge in [-0.2, -0.15) is 0 Å². The molecule has 3 unspecified atom stereocenters. The van der Waals surface area contributed by atoms with Gasteiger partial charge in [-0.05, 0) is 51.4 Å². The number of amides is 1. The van der Waals surface area contributed by atoms with Gasteiger partial charge in [-0.25, -0.2) is 0 Å². The number of aliphatic hydroxyl groups is 2. The first-order valence-corrected chi connectivity index (χ1v) is 30.4. The summed E-state index contributed by atoms with van der Waals surface area (Å²) in [5, 5.41) is 23.9. The highest BCUT2D eigenvalue weighted by molar-refractivity contribution is 5.77. The Morgan fingerprint density at radius 2 is 0.716 bits per heavy atom. The monoisotopic (exact) mass is 946 g/mol. The fraction of sp³-hybridized carbons (Fsp3) is 0.934. The second-order valence-electron chi connectivity index (χ2n) is 21.1. The van der Waals surface area contributed by atoms with Crippen LogP contribution in [-0.2, 0) is 14.3 Å². The predicted molar refractivity (Wildman–Crippen MR) is 292 cm³/mol. The Morgan fingerprint density at radius 1 is 0.418 bits per heavy atom. The molecule has 0 aliphatic carbocycles. The number of unbranched alkanes of at least 4 members (excludes halogenated alkanes) is 42. The van der Waals surface area contributed by atoms with Gasteiger partial charge >= 0.3 is 5.97 Å². The van der Waals surface area contributed by atoms with Crippen LogP contribution in [0.15, 0.2) is 12.2 Å². The van der Waals surface area contributed by atoms with Crippen LogP contribution in [0.4, 0.5) is 0 Å². The van der Waals surface area contributed by atoms with Crippen LogP contribution in [0.25, 0.3) is 0 Å². The predicted octanol–water partition coefficient (Wildman–Crippen LogP) is 18.9. The summed E-state index contributed by atoms with van der Waals surface area (Å²) in [6.07, 6.45) is 64.3. The maximum Gasteiger partial charge on any atom is 0.306 e. The number of hydrogen-bond donors (Lipinski definition) is 3. The molecule has 0 heterocycles. The lowest BCUT2D eigenvalue weighted by molar-refractivity contribution is -0.151. The van der Waals surface area contributed by atoms with Crippen molar-refractivity contribution in [3.05, 3.63) is 12.2 Å². The van der Waals surface area contributed by atoms with Gasteiger partial charge in [0.25, 0.3) is 0 Å². The van der Waals surface area contributed by atoms with E-state index in [1.165, 1.54) is 244 Å². The van der Waals surface area contributed by atoms with E-state index in [0.717, 1.165) is 51.4 Å². The summed E-state index contributed by atoms with van der Waals surface area (Å²) in [5.41, 5.74) is 0. The second kappa shape index (κ2) is 55.5. The summed E-state index contributed by atoms with van der Waals surface area (Å²) in [6, 6.07) is -0.697. The number of rotatable bonds is 56. The lowest BCUT2D eigenvalue weighted by atomic mass is 10.0. The molecular weight excluding hydrogens is 827 g/mol. The summed E-state index contributed by atoms with van der Waals surface area (Å²) in [6.45, 7) is 6.53. The first-order valence-electron chi connectivity index (χ1n) is 30.4. The molecule has 0 saturated carbocycles. The molecule has 0 aromatic heterocycles. The van der Waals surface area contributed by atoms with Crippen molar-refractivity contribution in [2.24, 2.45) is 0 Å². The van der Waals surface area contributed by atoms with Crippen LogP contribution in [-0.4, -0.2) is 46.9 Å². The molecule has 0 aliphatic heterocycles. The van der Waals surface area contributed by atoms with E-state index < -0.39 is 18.2 Å². The van der Waals surface area contributed by atoms with Gasteiger partial charge in [0.1, 0.15) is 6.10 Å². The van der Waals surface area contributed by atoms with Crippen molar-refractivity contribution in [1.82, 2.24) is 5.32 Å². The van der Waals surface area contributed by atoms with Crippen LogP contribution in [0.3, 0.4) is 0 Å². The van der Waals surface area contributed by atoms with Gasteiger partial charge in [-0.15, -0.1) is 0 Å². The van der Waals surface area contributed by atoms with Crippen LogP contribution in [0.5, 0.6) is 0 Å². The largest absolute Gasteiger partial charge is 0.462 e. The molecular formula is C61H119NO5. The minimum atomic E-state index is -0.784. The lowest BCUT2D eigenvalue weighted by Gasteiger charge is -2.24. The first-order chi connectivity index (χ1) is 33.0. The average Bonchev–Trinajstić information content (AvgIpc) is 3.32. The highest BCUT2D eigenvalue weighted by Crippen LogP contribution is 2.19. The molecule has 1 amide bonds. The Labute approximate surface area is 419 Å². The zero-order valence-electron chi connectivity index (χ0n) is 45.6. The van der Waals surface area contributed by atoms with Gasteiger partial charge < -0.3 is 20.3 Å². The number of ether oxygens (including phenoxy) is 1. The van der Waals surface area contributed by atoms with Gasteiger partial charge in [0.15, 0.2) is 0 Å². The summed E-state index contributed by atoms with van der Waals surface area (Å²) < 4.78 is 5.98. The Kier molecular flexibility index (Phi) is 54.4. The van der Waals surface area contributed by atoms with E-state index in [-0.39, 0.29) is 24.9 Å². The third-order valence-corrected chi connectivity index (χ3v) is 14.3.